The first-order chi connectivity index (χ1) is 12.3. The molecule has 0 aliphatic carbocycles. The summed E-state index contributed by atoms with van der Waals surface area (Å²) in [6, 6.07) is 18.0. The summed E-state index contributed by atoms with van der Waals surface area (Å²) in [5.74, 6) is -0.346. The minimum absolute atomic E-state index is 0.346. The molecule has 0 aliphatic rings. The molecule has 0 radical (unpaired) electrons. The molecule has 25 heavy (non-hydrogen) atoms. The van der Waals surface area contributed by atoms with E-state index in [4.69, 9.17) is 0 Å². The van der Waals surface area contributed by atoms with E-state index in [1.165, 1.54) is 6.21 Å². The van der Waals surface area contributed by atoms with Gasteiger partial charge in [0.2, 0.25) is 0 Å². The van der Waals surface area contributed by atoms with Crippen LogP contribution in [0.4, 0.5) is 5.69 Å². The third-order valence-corrected chi connectivity index (χ3v) is 3.22. The van der Waals surface area contributed by atoms with Gasteiger partial charge in [0.1, 0.15) is 0 Å². The van der Waals surface area contributed by atoms with Gasteiger partial charge in [-0.05, 0) is 36.4 Å². The minimum Gasteiger partial charge on any atom is -0.267 e. The fraction of sp³-hybridized carbons (Fsp3) is 0. The van der Waals surface area contributed by atoms with Crippen molar-refractivity contribution in [3.63, 3.8) is 0 Å². The van der Waals surface area contributed by atoms with Crippen LogP contribution in [0.15, 0.2) is 83.2 Å². The van der Waals surface area contributed by atoms with Crippen molar-refractivity contribution in [1.82, 2.24) is 15.4 Å². The number of nitrogens with zero attached hydrogens (tertiary/aromatic N) is 4. The number of pyridine rings is 2. The molecular formula is C19H15N5O. The highest BCUT2D eigenvalue weighted by Gasteiger charge is 2.09. The molecule has 2 heterocycles. The normalized spacial score (nSPS) is 11.0. The van der Waals surface area contributed by atoms with Crippen LogP contribution in [-0.4, -0.2) is 28.3 Å². The maximum Gasteiger partial charge on any atom is 0.273 e. The number of carbonyl (C=O) groups excluding carboxylic acids is 1. The Morgan fingerprint density at radius 2 is 1.48 bits per heavy atom. The number of aromatic nitrogens is 2. The first-order valence-electron chi connectivity index (χ1n) is 7.61. The summed E-state index contributed by atoms with van der Waals surface area (Å²) in [7, 11) is 0. The lowest BCUT2D eigenvalue weighted by Crippen LogP contribution is -2.17. The summed E-state index contributed by atoms with van der Waals surface area (Å²) in [6.07, 6.45) is 6.44. The Hall–Kier alpha value is -3.67. The monoisotopic (exact) mass is 329 g/mol. The summed E-state index contributed by atoms with van der Waals surface area (Å²) in [6.45, 7) is 0. The second kappa shape index (κ2) is 8.26. The van der Waals surface area contributed by atoms with E-state index in [0.717, 1.165) is 0 Å². The number of aliphatic imine (C=N–C) groups is 1. The molecule has 2 aromatic heterocycles. The summed E-state index contributed by atoms with van der Waals surface area (Å²) in [4.78, 5) is 25.0. The number of hydrogen-bond donors (Lipinski definition) is 1. The molecule has 0 atom stereocenters. The van der Waals surface area contributed by atoms with Gasteiger partial charge >= 0.3 is 0 Å². The first-order valence-corrected chi connectivity index (χ1v) is 7.61. The molecule has 0 unspecified atom stereocenters. The maximum absolute atomic E-state index is 12.3. The van der Waals surface area contributed by atoms with E-state index in [1.807, 2.05) is 36.4 Å². The van der Waals surface area contributed by atoms with Crippen LogP contribution in [-0.2, 0) is 0 Å². The van der Waals surface area contributed by atoms with Crippen molar-refractivity contribution in [3.8, 4) is 0 Å². The van der Waals surface area contributed by atoms with Crippen LogP contribution < -0.4 is 5.43 Å². The van der Waals surface area contributed by atoms with Crippen molar-refractivity contribution in [2.24, 2.45) is 10.1 Å². The molecule has 0 fully saturated rings. The smallest absolute Gasteiger partial charge is 0.267 e. The molecule has 0 bridgehead atoms. The topological polar surface area (TPSA) is 79.6 Å². The van der Waals surface area contributed by atoms with E-state index in [1.54, 1.807) is 42.9 Å². The SMILES string of the molecule is O=C(NN=Cc1ccccn1)c1ccccc1N=Cc1ccccn1. The summed E-state index contributed by atoms with van der Waals surface area (Å²) in [5, 5.41) is 3.93. The van der Waals surface area contributed by atoms with Gasteiger partial charge < -0.3 is 0 Å². The number of hydrogen-bond acceptors (Lipinski definition) is 5. The van der Waals surface area contributed by atoms with E-state index in [0.29, 0.717) is 22.6 Å². The van der Waals surface area contributed by atoms with Gasteiger partial charge in [0.15, 0.2) is 0 Å². The van der Waals surface area contributed by atoms with Crippen LogP contribution >= 0.6 is 0 Å². The molecule has 1 amide bonds. The summed E-state index contributed by atoms with van der Waals surface area (Å²) >= 11 is 0. The van der Waals surface area contributed by atoms with Gasteiger partial charge in [-0.1, -0.05) is 24.3 Å². The molecule has 1 aromatic carbocycles. The van der Waals surface area contributed by atoms with Gasteiger partial charge in [0.25, 0.3) is 5.91 Å². The van der Waals surface area contributed by atoms with E-state index in [2.05, 4.69) is 25.5 Å². The Balaban J connectivity index is 1.72. The molecule has 3 rings (SSSR count). The molecule has 0 spiro atoms. The molecule has 0 aliphatic heterocycles. The molecule has 6 heteroatoms. The third-order valence-electron chi connectivity index (χ3n) is 3.22. The zero-order valence-corrected chi connectivity index (χ0v) is 13.3. The summed E-state index contributed by atoms with van der Waals surface area (Å²) in [5.41, 5.74) is 4.82. The second-order valence-electron chi connectivity index (χ2n) is 4.98. The van der Waals surface area contributed by atoms with Gasteiger partial charge in [-0.15, -0.1) is 0 Å². The van der Waals surface area contributed by atoms with Crippen LogP contribution in [0.25, 0.3) is 0 Å². The molecule has 6 nitrogen and oxygen atoms in total. The largest absolute Gasteiger partial charge is 0.273 e. The Morgan fingerprint density at radius 3 is 2.16 bits per heavy atom. The zero-order valence-electron chi connectivity index (χ0n) is 13.3. The number of rotatable bonds is 5. The maximum atomic E-state index is 12.3. The van der Waals surface area contributed by atoms with Crippen molar-refractivity contribution >= 4 is 24.0 Å². The van der Waals surface area contributed by atoms with Crippen molar-refractivity contribution in [2.75, 3.05) is 0 Å². The molecule has 0 saturated carbocycles. The third kappa shape index (κ3) is 4.65. The van der Waals surface area contributed by atoms with Crippen molar-refractivity contribution in [1.29, 1.82) is 0 Å². The predicted octanol–water partition coefficient (Wildman–Crippen LogP) is 2.99. The lowest BCUT2D eigenvalue weighted by Gasteiger charge is -2.03. The average molecular weight is 329 g/mol. The van der Waals surface area contributed by atoms with E-state index in [9.17, 15) is 4.79 Å². The van der Waals surface area contributed by atoms with Gasteiger partial charge in [0, 0.05) is 12.4 Å². The molecular weight excluding hydrogens is 314 g/mol. The lowest BCUT2D eigenvalue weighted by atomic mass is 10.1. The van der Waals surface area contributed by atoms with Gasteiger partial charge in [-0.25, -0.2) is 5.43 Å². The molecule has 0 saturated heterocycles. The van der Waals surface area contributed by atoms with E-state index in [-0.39, 0.29) is 5.91 Å². The summed E-state index contributed by atoms with van der Waals surface area (Å²) < 4.78 is 0. The van der Waals surface area contributed by atoms with Crippen molar-refractivity contribution in [2.45, 2.75) is 0 Å². The van der Waals surface area contributed by atoms with Gasteiger partial charge in [-0.3, -0.25) is 19.8 Å². The van der Waals surface area contributed by atoms with Crippen LogP contribution in [0.1, 0.15) is 21.7 Å². The van der Waals surface area contributed by atoms with E-state index >= 15 is 0 Å². The number of hydrazone groups is 1. The van der Waals surface area contributed by atoms with Crippen LogP contribution in [0.2, 0.25) is 0 Å². The van der Waals surface area contributed by atoms with Crippen molar-refractivity contribution in [3.05, 3.63) is 90.0 Å². The Labute approximate surface area is 145 Å². The standard InChI is InChI=1S/C19H15N5O/c25-19(24-23-14-16-8-4-6-12-21-16)17-9-1-2-10-18(17)22-13-15-7-3-5-11-20-15/h1-14H,(H,24,25). The first kappa shape index (κ1) is 16.2. The average Bonchev–Trinajstić information content (AvgIpc) is 2.68. The fourth-order valence-electron chi connectivity index (χ4n) is 2.04. The highest BCUT2D eigenvalue weighted by atomic mass is 16.2. The van der Waals surface area contributed by atoms with Gasteiger partial charge in [0.05, 0.1) is 35.1 Å². The Kier molecular flexibility index (Phi) is 5.35. The number of carbonyl (C=O) groups is 1. The molecule has 122 valence electrons. The predicted molar refractivity (Wildman–Crippen MR) is 97.2 cm³/mol. The second-order valence-corrected chi connectivity index (χ2v) is 4.98. The van der Waals surface area contributed by atoms with Gasteiger partial charge in [-0.2, -0.15) is 5.10 Å². The number of para-hydroxylation sites is 1. The molecule has 3 aromatic rings. The number of amides is 1. The lowest BCUT2D eigenvalue weighted by molar-refractivity contribution is 0.0956. The fourth-order valence-corrected chi connectivity index (χ4v) is 2.04. The number of benzene rings is 1. The highest BCUT2D eigenvalue weighted by Crippen LogP contribution is 2.18. The zero-order chi connectivity index (χ0) is 17.3. The number of nitrogens with one attached hydrogen (secondary N) is 1. The van der Waals surface area contributed by atoms with Crippen LogP contribution in [0.5, 0.6) is 0 Å². The van der Waals surface area contributed by atoms with Crippen molar-refractivity contribution < 1.29 is 4.79 Å². The Bertz CT molecular complexity index is 892. The van der Waals surface area contributed by atoms with Crippen LogP contribution in [0, 0.1) is 0 Å². The minimum atomic E-state index is -0.346. The molecule has 1 N–H and O–H groups in total. The quantitative estimate of drug-likeness (QED) is 0.577. The highest BCUT2D eigenvalue weighted by molar-refractivity contribution is 6.00. The van der Waals surface area contributed by atoms with E-state index < -0.39 is 0 Å². The van der Waals surface area contributed by atoms with Crippen LogP contribution in [0.3, 0.4) is 0 Å². The Morgan fingerprint density at radius 1 is 0.840 bits per heavy atom.